The second kappa shape index (κ2) is 6.05. The fourth-order valence-electron chi connectivity index (χ4n) is 1.71. The van der Waals surface area contributed by atoms with Crippen molar-refractivity contribution in [3.05, 3.63) is 35.4 Å². The van der Waals surface area contributed by atoms with Gasteiger partial charge >= 0.3 is 0 Å². The van der Waals surface area contributed by atoms with Gasteiger partial charge < -0.3 is 14.8 Å². The second-order valence-electron chi connectivity index (χ2n) is 3.97. The minimum Gasteiger partial charge on any atom is -0.355 e. The third-order valence-corrected chi connectivity index (χ3v) is 2.67. The molecule has 1 N–H and O–H groups in total. The van der Waals surface area contributed by atoms with Gasteiger partial charge in [-0.05, 0) is 24.6 Å². The van der Waals surface area contributed by atoms with Gasteiger partial charge in [-0.1, -0.05) is 0 Å². The van der Waals surface area contributed by atoms with E-state index in [1.54, 1.807) is 0 Å². The molecule has 1 aromatic rings. The first-order valence-electron chi connectivity index (χ1n) is 5.59. The Kier molecular flexibility index (Phi) is 4.42. The van der Waals surface area contributed by atoms with Crippen molar-refractivity contribution < 1.29 is 18.3 Å². The Labute approximate surface area is 98.7 Å². The molecule has 0 aliphatic carbocycles. The van der Waals surface area contributed by atoms with E-state index in [4.69, 9.17) is 9.47 Å². The van der Waals surface area contributed by atoms with Crippen molar-refractivity contribution in [1.29, 1.82) is 0 Å². The summed E-state index contributed by atoms with van der Waals surface area (Å²) in [4.78, 5) is 0. The number of benzene rings is 1. The summed E-state index contributed by atoms with van der Waals surface area (Å²) in [6.07, 6.45) is 0.902. The molecular weight excluding hydrogens is 228 g/mol. The maximum absolute atomic E-state index is 13.3. The molecular formula is C12H15F2NO2. The van der Waals surface area contributed by atoms with Gasteiger partial charge in [-0.3, -0.25) is 0 Å². The number of rotatable bonds is 4. The topological polar surface area (TPSA) is 30.5 Å². The van der Waals surface area contributed by atoms with Crippen LogP contribution in [0.5, 0.6) is 0 Å². The Morgan fingerprint density at radius 1 is 1.35 bits per heavy atom. The maximum Gasteiger partial charge on any atom is 0.147 e. The van der Waals surface area contributed by atoms with E-state index in [0.29, 0.717) is 32.1 Å². The zero-order chi connectivity index (χ0) is 12.1. The van der Waals surface area contributed by atoms with E-state index >= 15 is 0 Å². The first-order chi connectivity index (χ1) is 8.25. The number of ether oxygens (including phenoxy) is 2. The summed E-state index contributed by atoms with van der Waals surface area (Å²) in [6.45, 7) is 1.89. The molecule has 17 heavy (non-hydrogen) atoms. The third kappa shape index (κ3) is 3.73. The van der Waals surface area contributed by atoms with Crippen LogP contribution in [0.3, 0.4) is 0 Å². The molecule has 1 atom stereocenters. The highest BCUT2D eigenvalue weighted by Crippen LogP contribution is 2.10. The molecule has 0 bridgehead atoms. The average molecular weight is 243 g/mol. The zero-order valence-electron chi connectivity index (χ0n) is 9.42. The van der Waals surface area contributed by atoms with Crippen LogP contribution in [-0.2, 0) is 16.0 Å². The summed E-state index contributed by atoms with van der Waals surface area (Å²) in [5, 5.41) is 3.05. The van der Waals surface area contributed by atoms with Gasteiger partial charge in [0.15, 0.2) is 0 Å². The van der Waals surface area contributed by atoms with Gasteiger partial charge in [-0.25, -0.2) is 8.78 Å². The summed E-state index contributed by atoms with van der Waals surface area (Å²) >= 11 is 0. The molecule has 3 nitrogen and oxygen atoms in total. The average Bonchev–Trinajstić information content (AvgIpc) is 2.35. The van der Waals surface area contributed by atoms with Crippen molar-refractivity contribution in [3.63, 3.8) is 0 Å². The van der Waals surface area contributed by atoms with Gasteiger partial charge in [0.25, 0.3) is 0 Å². The lowest BCUT2D eigenvalue weighted by Gasteiger charge is -2.23. The molecule has 1 unspecified atom stereocenters. The van der Waals surface area contributed by atoms with Crippen LogP contribution in [-0.4, -0.2) is 26.0 Å². The number of nitrogens with one attached hydrogen (secondary N) is 1. The van der Waals surface area contributed by atoms with E-state index < -0.39 is 11.6 Å². The molecule has 1 aromatic carbocycles. The molecule has 1 saturated heterocycles. The van der Waals surface area contributed by atoms with E-state index in [1.165, 1.54) is 6.07 Å². The zero-order valence-corrected chi connectivity index (χ0v) is 9.42. The quantitative estimate of drug-likeness (QED) is 0.875. The van der Waals surface area contributed by atoms with Gasteiger partial charge in [0, 0.05) is 18.7 Å². The minimum atomic E-state index is -0.425. The molecule has 5 heteroatoms. The highest BCUT2D eigenvalue weighted by molar-refractivity contribution is 5.18. The summed E-state index contributed by atoms with van der Waals surface area (Å²) < 4.78 is 36.5. The SMILES string of the molecule is Fc1ccc(F)c(CNCC2CCOCO2)c1. The first-order valence-corrected chi connectivity index (χ1v) is 5.59. The normalized spacial score (nSPS) is 20.5. The molecule has 0 saturated carbocycles. The Bertz CT molecular complexity index is 368. The van der Waals surface area contributed by atoms with Crippen molar-refractivity contribution in [1.82, 2.24) is 5.32 Å². The summed E-state index contributed by atoms with van der Waals surface area (Å²) in [5.41, 5.74) is 0.331. The highest BCUT2D eigenvalue weighted by Gasteiger charge is 2.13. The smallest absolute Gasteiger partial charge is 0.147 e. The minimum absolute atomic E-state index is 0.0837. The molecule has 1 aliphatic heterocycles. The second-order valence-corrected chi connectivity index (χ2v) is 3.97. The lowest BCUT2D eigenvalue weighted by atomic mass is 10.2. The van der Waals surface area contributed by atoms with Crippen molar-refractivity contribution in [2.24, 2.45) is 0 Å². The van der Waals surface area contributed by atoms with E-state index in [-0.39, 0.29) is 6.10 Å². The monoisotopic (exact) mass is 243 g/mol. The van der Waals surface area contributed by atoms with Crippen LogP contribution in [0.2, 0.25) is 0 Å². The van der Waals surface area contributed by atoms with E-state index in [0.717, 1.165) is 18.6 Å². The fraction of sp³-hybridized carbons (Fsp3) is 0.500. The van der Waals surface area contributed by atoms with Crippen LogP contribution < -0.4 is 5.32 Å². The van der Waals surface area contributed by atoms with Crippen molar-refractivity contribution >= 4 is 0 Å². The Balaban J connectivity index is 1.79. The lowest BCUT2D eigenvalue weighted by molar-refractivity contribution is -0.137. The molecule has 0 radical (unpaired) electrons. The first kappa shape index (κ1) is 12.4. The molecule has 0 amide bonds. The van der Waals surface area contributed by atoms with Crippen LogP contribution in [0.1, 0.15) is 12.0 Å². The van der Waals surface area contributed by atoms with Crippen LogP contribution in [0.25, 0.3) is 0 Å². The predicted octanol–water partition coefficient (Wildman–Crippen LogP) is 1.82. The molecule has 0 spiro atoms. The molecule has 1 fully saturated rings. The number of hydrogen-bond donors (Lipinski definition) is 1. The molecule has 94 valence electrons. The largest absolute Gasteiger partial charge is 0.355 e. The van der Waals surface area contributed by atoms with Crippen LogP contribution >= 0.6 is 0 Å². The van der Waals surface area contributed by atoms with Gasteiger partial charge in [-0.15, -0.1) is 0 Å². The number of hydrogen-bond acceptors (Lipinski definition) is 3. The molecule has 0 aromatic heterocycles. The van der Waals surface area contributed by atoms with Crippen molar-refractivity contribution in [3.8, 4) is 0 Å². The fourth-order valence-corrected chi connectivity index (χ4v) is 1.71. The van der Waals surface area contributed by atoms with Gasteiger partial charge in [0.1, 0.15) is 18.4 Å². The van der Waals surface area contributed by atoms with Gasteiger partial charge in [-0.2, -0.15) is 0 Å². The van der Waals surface area contributed by atoms with Crippen LogP contribution in [0.15, 0.2) is 18.2 Å². The molecule has 2 rings (SSSR count). The predicted molar refractivity (Wildman–Crippen MR) is 58.4 cm³/mol. The van der Waals surface area contributed by atoms with Crippen LogP contribution in [0, 0.1) is 11.6 Å². The number of halogens is 2. The summed E-state index contributed by atoms with van der Waals surface area (Å²) in [6, 6.07) is 3.45. The van der Waals surface area contributed by atoms with Crippen molar-refractivity contribution in [2.75, 3.05) is 19.9 Å². The standard InChI is InChI=1S/C12H15F2NO2/c13-10-1-2-12(14)9(5-10)6-15-7-11-3-4-16-8-17-11/h1-2,5,11,15H,3-4,6-8H2. The highest BCUT2D eigenvalue weighted by atomic mass is 19.1. The summed E-state index contributed by atoms with van der Waals surface area (Å²) in [5.74, 6) is -0.822. The van der Waals surface area contributed by atoms with Gasteiger partial charge in [0.2, 0.25) is 0 Å². The van der Waals surface area contributed by atoms with E-state index in [2.05, 4.69) is 5.32 Å². The molecule has 1 heterocycles. The Morgan fingerprint density at radius 2 is 2.24 bits per heavy atom. The van der Waals surface area contributed by atoms with E-state index in [1.807, 2.05) is 0 Å². The maximum atomic E-state index is 13.3. The lowest BCUT2D eigenvalue weighted by Crippen LogP contribution is -2.33. The summed E-state index contributed by atoms with van der Waals surface area (Å²) in [7, 11) is 0. The molecule has 1 aliphatic rings. The third-order valence-electron chi connectivity index (χ3n) is 2.67. The Hall–Kier alpha value is -1.04. The van der Waals surface area contributed by atoms with Crippen LogP contribution in [0.4, 0.5) is 8.78 Å². The van der Waals surface area contributed by atoms with E-state index in [9.17, 15) is 8.78 Å². The van der Waals surface area contributed by atoms with Crippen molar-refractivity contribution in [2.45, 2.75) is 19.1 Å². The Morgan fingerprint density at radius 3 is 3.00 bits per heavy atom. The van der Waals surface area contributed by atoms with Gasteiger partial charge in [0.05, 0.1) is 12.7 Å².